The van der Waals surface area contributed by atoms with Crippen LogP contribution >= 0.6 is 0 Å². The molecule has 0 saturated carbocycles. The Hall–Kier alpha value is -1.42. The number of hydrogen-bond acceptors (Lipinski definition) is 3. The molecule has 0 aliphatic heterocycles. The lowest BCUT2D eigenvalue weighted by Crippen LogP contribution is -2.15. The number of hydrogen-bond donors (Lipinski definition) is 1. The van der Waals surface area contributed by atoms with E-state index in [1.807, 2.05) is 19.1 Å². The average Bonchev–Trinajstić information content (AvgIpc) is 2.56. The normalized spacial score (nSPS) is 11.5. The van der Waals surface area contributed by atoms with Crippen LogP contribution in [0.1, 0.15) is 11.5 Å². The molecule has 2 aromatic heterocycles. The molecule has 4 heteroatoms. The molecule has 2 aromatic rings. The van der Waals surface area contributed by atoms with Crippen LogP contribution in [0.4, 0.5) is 0 Å². The highest BCUT2D eigenvalue weighted by atomic mass is 15.1. The first-order chi connectivity index (χ1) is 7.15. The van der Waals surface area contributed by atoms with Crippen LogP contribution in [0, 0.1) is 6.92 Å². The Bertz CT molecular complexity index is 459. The second-order valence-electron chi connectivity index (χ2n) is 4.06. The summed E-state index contributed by atoms with van der Waals surface area (Å²) in [6.07, 6.45) is 0.933. The van der Waals surface area contributed by atoms with E-state index in [2.05, 4.69) is 33.9 Å². The van der Waals surface area contributed by atoms with Crippen LogP contribution in [0.25, 0.3) is 11.2 Å². The number of aromatic nitrogens is 3. The number of rotatable bonds is 3. The first-order valence-corrected chi connectivity index (χ1v) is 5.12. The molecular formula is C11H16N4. The molecule has 80 valence electrons. The number of fused-ring (bicyclic) bond motifs is 1. The maximum Gasteiger partial charge on any atom is 0.177 e. The molecule has 0 unspecified atom stereocenters. The Morgan fingerprint density at radius 2 is 2.07 bits per heavy atom. The van der Waals surface area contributed by atoms with Gasteiger partial charge in [0.25, 0.3) is 0 Å². The molecule has 0 aliphatic rings. The van der Waals surface area contributed by atoms with Crippen LogP contribution in [0.2, 0.25) is 0 Å². The first-order valence-electron chi connectivity index (χ1n) is 5.12. The average molecular weight is 204 g/mol. The Labute approximate surface area is 89.3 Å². The fourth-order valence-corrected chi connectivity index (χ4v) is 1.48. The number of aromatic amines is 1. The molecule has 0 amide bonds. The number of nitrogens with zero attached hydrogens (tertiary/aromatic N) is 3. The molecule has 0 bridgehead atoms. The van der Waals surface area contributed by atoms with E-state index in [0.717, 1.165) is 35.6 Å². The summed E-state index contributed by atoms with van der Waals surface area (Å²) in [7, 11) is 4.12. The van der Waals surface area contributed by atoms with E-state index >= 15 is 0 Å². The minimum Gasteiger partial charge on any atom is -0.341 e. The van der Waals surface area contributed by atoms with E-state index in [0.29, 0.717) is 0 Å². The van der Waals surface area contributed by atoms with Crippen molar-refractivity contribution in [2.24, 2.45) is 0 Å². The van der Waals surface area contributed by atoms with Gasteiger partial charge in [0, 0.05) is 18.7 Å². The van der Waals surface area contributed by atoms with Crippen LogP contribution in [0.3, 0.4) is 0 Å². The standard InChI is InChI=1S/C11H16N4/c1-8-4-5-9-11(12-8)14-10(13-9)6-7-15(2)3/h4-5H,6-7H2,1-3H3,(H,12,13,14). The summed E-state index contributed by atoms with van der Waals surface area (Å²) in [5, 5.41) is 0. The number of likely N-dealkylation sites (N-methyl/N-ethyl adjacent to an activating group) is 1. The third kappa shape index (κ3) is 2.33. The van der Waals surface area contributed by atoms with Gasteiger partial charge >= 0.3 is 0 Å². The number of pyridine rings is 1. The molecular weight excluding hydrogens is 188 g/mol. The highest BCUT2D eigenvalue weighted by Crippen LogP contribution is 2.09. The van der Waals surface area contributed by atoms with Gasteiger partial charge in [-0.1, -0.05) is 0 Å². The monoisotopic (exact) mass is 204 g/mol. The minimum absolute atomic E-state index is 0.823. The van der Waals surface area contributed by atoms with E-state index in [-0.39, 0.29) is 0 Å². The van der Waals surface area contributed by atoms with Crippen molar-refractivity contribution in [2.75, 3.05) is 20.6 Å². The summed E-state index contributed by atoms with van der Waals surface area (Å²) < 4.78 is 0. The molecule has 0 radical (unpaired) electrons. The summed E-state index contributed by atoms with van der Waals surface area (Å²) in [5.41, 5.74) is 2.85. The Morgan fingerprint density at radius 1 is 1.27 bits per heavy atom. The number of H-pyrrole nitrogens is 1. The molecule has 2 rings (SSSR count). The highest BCUT2D eigenvalue weighted by molar-refractivity contribution is 5.70. The number of aryl methyl sites for hydroxylation is 1. The second-order valence-corrected chi connectivity index (χ2v) is 4.06. The van der Waals surface area contributed by atoms with E-state index in [1.165, 1.54) is 0 Å². The quantitative estimate of drug-likeness (QED) is 0.821. The van der Waals surface area contributed by atoms with Crippen molar-refractivity contribution in [1.29, 1.82) is 0 Å². The topological polar surface area (TPSA) is 44.8 Å². The van der Waals surface area contributed by atoms with Crippen LogP contribution in [0.15, 0.2) is 12.1 Å². The van der Waals surface area contributed by atoms with Gasteiger partial charge in [-0.3, -0.25) is 0 Å². The first kappa shape index (κ1) is 10.1. The fourth-order valence-electron chi connectivity index (χ4n) is 1.48. The van der Waals surface area contributed by atoms with Gasteiger partial charge in [-0.2, -0.15) is 0 Å². The molecule has 15 heavy (non-hydrogen) atoms. The van der Waals surface area contributed by atoms with Crippen LogP contribution < -0.4 is 0 Å². The van der Waals surface area contributed by atoms with Gasteiger partial charge < -0.3 is 9.88 Å². The van der Waals surface area contributed by atoms with Crippen molar-refractivity contribution in [3.63, 3.8) is 0 Å². The predicted octanol–water partition coefficient (Wildman–Crippen LogP) is 1.37. The van der Waals surface area contributed by atoms with Crippen LogP contribution in [-0.4, -0.2) is 40.5 Å². The molecule has 0 spiro atoms. The van der Waals surface area contributed by atoms with Gasteiger partial charge in [0.05, 0.1) is 5.52 Å². The molecule has 1 N–H and O–H groups in total. The van der Waals surface area contributed by atoms with Gasteiger partial charge in [0.1, 0.15) is 5.82 Å². The third-order valence-corrected chi connectivity index (χ3v) is 2.33. The Morgan fingerprint density at radius 3 is 2.80 bits per heavy atom. The molecule has 0 aliphatic carbocycles. The molecule has 0 saturated heterocycles. The second kappa shape index (κ2) is 3.98. The SMILES string of the molecule is Cc1ccc2[nH]c(CCN(C)C)nc2n1. The van der Waals surface area contributed by atoms with Crippen molar-refractivity contribution < 1.29 is 0 Å². The molecule has 2 heterocycles. The fraction of sp³-hybridized carbons (Fsp3) is 0.455. The zero-order chi connectivity index (χ0) is 10.8. The number of imidazole rings is 1. The van der Waals surface area contributed by atoms with E-state index in [9.17, 15) is 0 Å². The lowest BCUT2D eigenvalue weighted by molar-refractivity contribution is 0.410. The van der Waals surface area contributed by atoms with E-state index in [1.54, 1.807) is 0 Å². The summed E-state index contributed by atoms with van der Waals surface area (Å²) in [5.74, 6) is 1.01. The van der Waals surface area contributed by atoms with Crippen molar-refractivity contribution >= 4 is 11.2 Å². The van der Waals surface area contributed by atoms with Gasteiger partial charge in [0.2, 0.25) is 0 Å². The van der Waals surface area contributed by atoms with Crippen molar-refractivity contribution in [3.8, 4) is 0 Å². The largest absolute Gasteiger partial charge is 0.341 e. The third-order valence-electron chi connectivity index (χ3n) is 2.33. The summed E-state index contributed by atoms with van der Waals surface area (Å²) in [4.78, 5) is 14.2. The zero-order valence-electron chi connectivity index (χ0n) is 9.41. The van der Waals surface area contributed by atoms with Gasteiger partial charge in [0.15, 0.2) is 5.65 Å². The summed E-state index contributed by atoms with van der Waals surface area (Å²) >= 11 is 0. The van der Waals surface area contributed by atoms with Gasteiger partial charge in [-0.05, 0) is 33.2 Å². The number of nitrogens with one attached hydrogen (secondary N) is 1. The Balaban J connectivity index is 2.23. The summed E-state index contributed by atoms with van der Waals surface area (Å²) in [6.45, 7) is 2.98. The van der Waals surface area contributed by atoms with Crippen molar-refractivity contribution in [2.45, 2.75) is 13.3 Å². The lowest BCUT2D eigenvalue weighted by Gasteiger charge is -2.06. The maximum atomic E-state index is 4.45. The molecule has 0 atom stereocenters. The van der Waals surface area contributed by atoms with Crippen LogP contribution in [0.5, 0.6) is 0 Å². The van der Waals surface area contributed by atoms with Gasteiger partial charge in [-0.25, -0.2) is 9.97 Å². The van der Waals surface area contributed by atoms with Gasteiger partial charge in [-0.15, -0.1) is 0 Å². The Kier molecular flexibility index (Phi) is 2.68. The molecule has 4 nitrogen and oxygen atoms in total. The van der Waals surface area contributed by atoms with E-state index in [4.69, 9.17) is 0 Å². The maximum absolute atomic E-state index is 4.45. The van der Waals surface area contributed by atoms with E-state index < -0.39 is 0 Å². The summed E-state index contributed by atoms with van der Waals surface area (Å²) in [6, 6.07) is 4.03. The smallest absolute Gasteiger partial charge is 0.177 e. The van der Waals surface area contributed by atoms with Crippen molar-refractivity contribution in [1.82, 2.24) is 19.9 Å². The zero-order valence-corrected chi connectivity index (χ0v) is 9.41. The molecule has 0 fully saturated rings. The highest BCUT2D eigenvalue weighted by Gasteiger charge is 2.03. The van der Waals surface area contributed by atoms with Crippen molar-refractivity contribution in [3.05, 3.63) is 23.7 Å². The predicted molar refractivity (Wildman–Crippen MR) is 60.9 cm³/mol. The lowest BCUT2D eigenvalue weighted by atomic mass is 10.3. The molecule has 0 aromatic carbocycles. The van der Waals surface area contributed by atoms with Crippen LogP contribution in [-0.2, 0) is 6.42 Å². The minimum atomic E-state index is 0.823.